The molecule has 0 unspecified atom stereocenters. The van der Waals surface area contributed by atoms with Crippen LogP contribution in [0.15, 0.2) is 36.0 Å². The van der Waals surface area contributed by atoms with Gasteiger partial charge >= 0.3 is 0 Å². The van der Waals surface area contributed by atoms with Gasteiger partial charge in [-0.1, -0.05) is 26.3 Å². The molecular weight excluding hydrogens is 367 g/mol. The lowest BCUT2D eigenvalue weighted by Crippen LogP contribution is -2.53. The summed E-state index contributed by atoms with van der Waals surface area (Å²) in [6.45, 7) is 6.67. The molecule has 0 radical (unpaired) electrons. The van der Waals surface area contributed by atoms with Gasteiger partial charge in [0.25, 0.3) is 0 Å². The molecule has 2 heterocycles. The Kier molecular flexibility index (Phi) is 4.44. The zero-order chi connectivity index (χ0) is 20.2. The van der Waals surface area contributed by atoms with Crippen LogP contribution >= 0.6 is 0 Å². The average Bonchev–Trinajstić information content (AvgIpc) is 3.29. The molecule has 29 heavy (non-hydrogen) atoms. The van der Waals surface area contributed by atoms with E-state index >= 15 is 0 Å². The van der Waals surface area contributed by atoms with Gasteiger partial charge in [-0.25, -0.2) is 9.07 Å². The van der Waals surface area contributed by atoms with E-state index in [1.807, 2.05) is 10.9 Å². The molecule has 1 aromatic heterocycles. The molecule has 1 aromatic carbocycles. The van der Waals surface area contributed by atoms with E-state index in [0.29, 0.717) is 0 Å². The monoisotopic (exact) mass is 396 g/mol. The van der Waals surface area contributed by atoms with Crippen molar-refractivity contribution in [3.8, 4) is 5.69 Å². The van der Waals surface area contributed by atoms with E-state index in [2.05, 4.69) is 31.9 Å². The Morgan fingerprint density at radius 3 is 2.48 bits per heavy atom. The minimum atomic E-state index is -0.548. The SMILES string of the molecule is CC[C@H]1OC2(CCCC3=Cc4c(cnn4-c4ccc(F)cc4)C[C@@]32C)O[C@@H]1CC. The van der Waals surface area contributed by atoms with E-state index in [-0.39, 0.29) is 23.4 Å². The fraction of sp³-hybridized carbons (Fsp3) is 0.542. The third-order valence-corrected chi connectivity index (χ3v) is 7.22. The molecule has 1 spiro atoms. The minimum Gasteiger partial charge on any atom is -0.343 e. The summed E-state index contributed by atoms with van der Waals surface area (Å²) in [7, 11) is 0. The summed E-state index contributed by atoms with van der Waals surface area (Å²) in [6, 6.07) is 6.51. The van der Waals surface area contributed by atoms with Crippen LogP contribution in [0, 0.1) is 11.2 Å². The van der Waals surface area contributed by atoms with Crippen molar-refractivity contribution in [3.05, 3.63) is 53.1 Å². The first-order chi connectivity index (χ1) is 14.0. The molecule has 0 N–H and O–H groups in total. The van der Waals surface area contributed by atoms with Crippen molar-refractivity contribution >= 4 is 6.08 Å². The van der Waals surface area contributed by atoms with Crippen LogP contribution in [-0.2, 0) is 15.9 Å². The predicted octanol–water partition coefficient (Wildman–Crippen LogP) is 5.44. The molecule has 154 valence electrons. The molecule has 1 aliphatic heterocycles. The number of fused-ring (bicyclic) bond motifs is 3. The van der Waals surface area contributed by atoms with E-state index in [0.717, 1.165) is 49.9 Å². The smallest absolute Gasteiger partial charge is 0.178 e. The number of nitrogens with zero attached hydrogens (tertiary/aromatic N) is 2. The van der Waals surface area contributed by atoms with Gasteiger partial charge < -0.3 is 9.47 Å². The zero-order valence-electron chi connectivity index (χ0n) is 17.5. The summed E-state index contributed by atoms with van der Waals surface area (Å²) in [4.78, 5) is 0. The van der Waals surface area contributed by atoms with Crippen molar-refractivity contribution < 1.29 is 13.9 Å². The van der Waals surface area contributed by atoms with Crippen LogP contribution in [-0.4, -0.2) is 27.8 Å². The molecular formula is C24H29FN2O2. The van der Waals surface area contributed by atoms with Crippen LogP contribution in [0.5, 0.6) is 0 Å². The van der Waals surface area contributed by atoms with Crippen molar-refractivity contribution in [2.45, 2.75) is 77.3 Å². The third kappa shape index (κ3) is 2.74. The van der Waals surface area contributed by atoms with Gasteiger partial charge in [0.15, 0.2) is 5.79 Å². The molecule has 0 bridgehead atoms. The average molecular weight is 397 g/mol. The molecule has 0 amide bonds. The standard InChI is InChI=1S/C24H29FN2O2/c1-4-21-22(5-2)29-24(28-21)12-6-7-17-13-20-16(14-23(17,24)3)15-26-27(20)19-10-8-18(25)9-11-19/h8-11,13,15,21-22H,4-7,12,14H2,1-3H3/t21-,22-,23+/m1/s1. The molecule has 5 rings (SSSR count). The molecule has 3 aliphatic rings. The zero-order valence-corrected chi connectivity index (χ0v) is 17.5. The Labute approximate surface area is 171 Å². The quantitative estimate of drug-likeness (QED) is 0.693. The number of aromatic nitrogens is 2. The topological polar surface area (TPSA) is 36.3 Å². The first-order valence-corrected chi connectivity index (χ1v) is 10.9. The van der Waals surface area contributed by atoms with Gasteiger partial charge in [0.05, 0.1) is 29.8 Å². The van der Waals surface area contributed by atoms with E-state index in [4.69, 9.17) is 9.47 Å². The number of halogens is 1. The lowest BCUT2D eigenvalue weighted by Gasteiger charge is -2.51. The van der Waals surface area contributed by atoms with Crippen molar-refractivity contribution in [2.75, 3.05) is 0 Å². The third-order valence-electron chi connectivity index (χ3n) is 7.22. The molecule has 5 heteroatoms. The van der Waals surface area contributed by atoms with Crippen molar-refractivity contribution in [2.24, 2.45) is 5.41 Å². The van der Waals surface area contributed by atoms with Gasteiger partial charge in [-0.2, -0.15) is 5.10 Å². The summed E-state index contributed by atoms with van der Waals surface area (Å²) in [6.07, 6.45) is 10.4. The Morgan fingerprint density at radius 2 is 1.83 bits per heavy atom. The molecule has 3 atom stereocenters. The Balaban J connectivity index is 1.55. The van der Waals surface area contributed by atoms with Crippen molar-refractivity contribution in [1.29, 1.82) is 0 Å². The van der Waals surface area contributed by atoms with Crippen LogP contribution in [0.1, 0.15) is 64.1 Å². The van der Waals surface area contributed by atoms with Gasteiger partial charge in [0.1, 0.15) is 5.82 Å². The summed E-state index contributed by atoms with van der Waals surface area (Å²) in [5.74, 6) is -0.782. The van der Waals surface area contributed by atoms with Crippen LogP contribution < -0.4 is 0 Å². The van der Waals surface area contributed by atoms with Crippen molar-refractivity contribution in [3.63, 3.8) is 0 Å². The maximum absolute atomic E-state index is 13.4. The maximum Gasteiger partial charge on any atom is 0.178 e. The Morgan fingerprint density at radius 1 is 1.14 bits per heavy atom. The van der Waals surface area contributed by atoms with Crippen LogP contribution in [0.2, 0.25) is 0 Å². The second-order valence-electron chi connectivity index (χ2n) is 8.86. The molecule has 1 saturated carbocycles. The molecule has 2 fully saturated rings. The van der Waals surface area contributed by atoms with Crippen LogP contribution in [0.25, 0.3) is 11.8 Å². The molecule has 2 aromatic rings. The highest BCUT2D eigenvalue weighted by Gasteiger charge is 2.61. The molecule has 4 nitrogen and oxygen atoms in total. The highest BCUT2D eigenvalue weighted by atomic mass is 19.1. The van der Waals surface area contributed by atoms with E-state index in [9.17, 15) is 4.39 Å². The lowest BCUT2D eigenvalue weighted by atomic mass is 9.62. The summed E-state index contributed by atoms with van der Waals surface area (Å²) in [5, 5.41) is 4.63. The fourth-order valence-electron chi connectivity index (χ4n) is 5.54. The highest BCUT2D eigenvalue weighted by molar-refractivity contribution is 5.62. The summed E-state index contributed by atoms with van der Waals surface area (Å²) >= 11 is 0. The summed E-state index contributed by atoms with van der Waals surface area (Å²) in [5.41, 5.74) is 4.36. The first kappa shape index (κ1) is 19.0. The maximum atomic E-state index is 13.4. The van der Waals surface area contributed by atoms with E-state index < -0.39 is 5.79 Å². The van der Waals surface area contributed by atoms with Crippen LogP contribution in [0.4, 0.5) is 4.39 Å². The molecule has 1 saturated heterocycles. The van der Waals surface area contributed by atoms with Crippen molar-refractivity contribution in [1.82, 2.24) is 9.78 Å². The predicted molar refractivity (Wildman–Crippen MR) is 110 cm³/mol. The van der Waals surface area contributed by atoms with Gasteiger partial charge in [-0.15, -0.1) is 0 Å². The van der Waals surface area contributed by atoms with Gasteiger partial charge in [-0.05, 0) is 68.0 Å². The van der Waals surface area contributed by atoms with Gasteiger partial charge in [-0.3, -0.25) is 0 Å². The Bertz CT molecular complexity index is 936. The van der Waals surface area contributed by atoms with E-state index in [1.165, 1.54) is 23.3 Å². The highest BCUT2D eigenvalue weighted by Crippen LogP contribution is 2.58. The minimum absolute atomic E-state index is 0.166. The normalized spacial score (nSPS) is 30.1. The number of rotatable bonds is 3. The van der Waals surface area contributed by atoms with Gasteiger partial charge in [0, 0.05) is 11.8 Å². The lowest BCUT2D eigenvalue weighted by molar-refractivity contribution is -0.248. The second kappa shape index (κ2) is 6.78. The van der Waals surface area contributed by atoms with E-state index in [1.54, 1.807) is 12.1 Å². The molecule has 2 aliphatic carbocycles. The first-order valence-electron chi connectivity index (χ1n) is 10.9. The number of ether oxygens (including phenoxy) is 2. The largest absolute Gasteiger partial charge is 0.343 e. The van der Waals surface area contributed by atoms with Crippen LogP contribution in [0.3, 0.4) is 0 Å². The fourth-order valence-corrected chi connectivity index (χ4v) is 5.54. The number of benzene rings is 1. The second-order valence-corrected chi connectivity index (χ2v) is 8.86. The van der Waals surface area contributed by atoms with Gasteiger partial charge in [0.2, 0.25) is 0 Å². The summed E-state index contributed by atoms with van der Waals surface area (Å²) < 4.78 is 28.7. The number of hydrogen-bond donors (Lipinski definition) is 0. The Hall–Kier alpha value is -1.98. The number of hydrogen-bond acceptors (Lipinski definition) is 3.